The lowest BCUT2D eigenvalue weighted by Crippen LogP contribution is -2.15. The van der Waals surface area contributed by atoms with Crippen molar-refractivity contribution in [1.29, 1.82) is 0 Å². The summed E-state index contributed by atoms with van der Waals surface area (Å²) in [6, 6.07) is 7.23. The van der Waals surface area contributed by atoms with Gasteiger partial charge in [-0.15, -0.1) is 0 Å². The number of carbonyl (C=O) groups is 1. The molecule has 1 aliphatic carbocycles. The Kier molecular flexibility index (Phi) is 4.06. The molecular weight excluding hydrogens is 236 g/mol. The first kappa shape index (κ1) is 12.4. The average molecular weight is 253 g/mol. The third-order valence-corrected chi connectivity index (χ3v) is 3.83. The summed E-state index contributed by atoms with van der Waals surface area (Å²) < 4.78 is 0. The van der Waals surface area contributed by atoms with E-state index < -0.39 is 11.9 Å². The summed E-state index contributed by atoms with van der Waals surface area (Å²) >= 11 is 5.92. The molecule has 0 unspecified atom stereocenters. The summed E-state index contributed by atoms with van der Waals surface area (Å²) in [6.07, 6.45) is 5.57. The van der Waals surface area contributed by atoms with Crippen molar-refractivity contribution in [2.45, 2.75) is 38.0 Å². The molecule has 1 saturated carbocycles. The highest BCUT2D eigenvalue weighted by Crippen LogP contribution is 2.34. The Bertz CT molecular complexity index is 397. The standard InChI is InChI=1S/C14H17ClO2/c15-12-7-3-6-11(9-12)13(14(16)17)8-10-4-1-2-5-10/h3,6-7,9-10,13H,1-2,4-5,8H2,(H,16,17)/t13-/m1/s1. The minimum atomic E-state index is -0.737. The second kappa shape index (κ2) is 5.54. The molecule has 1 aromatic rings. The normalized spacial score (nSPS) is 18.2. The molecule has 0 aliphatic heterocycles. The van der Waals surface area contributed by atoms with Crippen LogP contribution in [0.4, 0.5) is 0 Å². The highest BCUT2D eigenvalue weighted by atomic mass is 35.5. The van der Waals surface area contributed by atoms with Crippen LogP contribution >= 0.6 is 11.6 Å². The Morgan fingerprint density at radius 3 is 2.71 bits per heavy atom. The number of rotatable bonds is 4. The average Bonchev–Trinajstić information content (AvgIpc) is 2.78. The molecule has 1 fully saturated rings. The number of halogens is 1. The third kappa shape index (κ3) is 3.22. The predicted octanol–water partition coefficient (Wildman–Crippen LogP) is 4.09. The SMILES string of the molecule is O=C(O)[C@H](CC1CCCC1)c1cccc(Cl)c1. The molecule has 17 heavy (non-hydrogen) atoms. The minimum absolute atomic E-state index is 0.406. The predicted molar refractivity (Wildman–Crippen MR) is 68.4 cm³/mol. The lowest BCUT2D eigenvalue weighted by Gasteiger charge is -2.17. The van der Waals surface area contributed by atoms with Gasteiger partial charge in [0.15, 0.2) is 0 Å². The van der Waals surface area contributed by atoms with Crippen LogP contribution in [0.1, 0.15) is 43.6 Å². The highest BCUT2D eigenvalue weighted by Gasteiger charge is 2.26. The summed E-state index contributed by atoms with van der Waals surface area (Å²) in [4.78, 5) is 11.4. The van der Waals surface area contributed by atoms with Crippen LogP contribution in [0.25, 0.3) is 0 Å². The Labute approximate surface area is 107 Å². The largest absolute Gasteiger partial charge is 0.481 e. The van der Waals surface area contributed by atoms with Crippen LogP contribution in [0.5, 0.6) is 0 Å². The first-order valence-corrected chi connectivity index (χ1v) is 6.53. The Hall–Kier alpha value is -1.02. The van der Waals surface area contributed by atoms with E-state index in [1.807, 2.05) is 12.1 Å². The maximum Gasteiger partial charge on any atom is 0.310 e. The van der Waals surface area contributed by atoms with Crippen molar-refractivity contribution in [3.63, 3.8) is 0 Å². The van der Waals surface area contributed by atoms with Crippen LogP contribution in [-0.4, -0.2) is 11.1 Å². The Morgan fingerprint density at radius 1 is 1.41 bits per heavy atom. The van der Waals surface area contributed by atoms with Gasteiger partial charge in [-0.2, -0.15) is 0 Å². The van der Waals surface area contributed by atoms with Crippen molar-refractivity contribution in [3.8, 4) is 0 Å². The van der Waals surface area contributed by atoms with Gasteiger partial charge in [0.2, 0.25) is 0 Å². The number of benzene rings is 1. The Morgan fingerprint density at radius 2 is 2.12 bits per heavy atom. The van der Waals surface area contributed by atoms with E-state index >= 15 is 0 Å². The lowest BCUT2D eigenvalue weighted by molar-refractivity contribution is -0.139. The first-order valence-electron chi connectivity index (χ1n) is 6.15. The maximum atomic E-state index is 11.4. The molecule has 1 aromatic carbocycles. The number of hydrogen-bond acceptors (Lipinski definition) is 1. The second-order valence-corrected chi connectivity index (χ2v) is 5.27. The smallest absolute Gasteiger partial charge is 0.310 e. The van der Waals surface area contributed by atoms with Gasteiger partial charge in [0, 0.05) is 5.02 Å². The molecule has 0 aromatic heterocycles. The van der Waals surface area contributed by atoms with E-state index in [1.165, 1.54) is 25.7 Å². The van der Waals surface area contributed by atoms with Gasteiger partial charge in [0.05, 0.1) is 5.92 Å². The molecule has 1 N–H and O–H groups in total. The summed E-state index contributed by atoms with van der Waals surface area (Å²) in [5.74, 6) is -0.578. The van der Waals surface area contributed by atoms with Crippen LogP contribution in [0, 0.1) is 5.92 Å². The molecule has 92 valence electrons. The zero-order valence-corrected chi connectivity index (χ0v) is 10.5. The molecule has 0 radical (unpaired) electrons. The molecule has 2 nitrogen and oxygen atoms in total. The fraction of sp³-hybridized carbons (Fsp3) is 0.500. The van der Waals surface area contributed by atoms with E-state index in [-0.39, 0.29) is 0 Å². The first-order chi connectivity index (χ1) is 8.16. The van der Waals surface area contributed by atoms with Crippen molar-refractivity contribution in [1.82, 2.24) is 0 Å². The fourth-order valence-electron chi connectivity index (χ4n) is 2.68. The molecule has 0 bridgehead atoms. The van der Waals surface area contributed by atoms with Crippen LogP contribution < -0.4 is 0 Å². The molecule has 0 heterocycles. The number of hydrogen-bond donors (Lipinski definition) is 1. The molecule has 0 amide bonds. The molecule has 1 aliphatic rings. The van der Waals surface area contributed by atoms with Crippen LogP contribution in [0.3, 0.4) is 0 Å². The number of carboxylic acids is 1. The van der Waals surface area contributed by atoms with Crippen molar-refractivity contribution in [2.75, 3.05) is 0 Å². The Balaban J connectivity index is 2.13. The molecule has 2 rings (SSSR count). The zero-order chi connectivity index (χ0) is 12.3. The topological polar surface area (TPSA) is 37.3 Å². The minimum Gasteiger partial charge on any atom is -0.481 e. The van der Waals surface area contributed by atoms with Gasteiger partial charge in [-0.1, -0.05) is 49.4 Å². The van der Waals surface area contributed by atoms with E-state index in [0.29, 0.717) is 10.9 Å². The van der Waals surface area contributed by atoms with E-state index in [9.17, 15) is 9.90 Å². The van der Waals surface area contributed by atoms with Crippen molar-refractivity contribution >= 4 is 17.6 Å². The molecular formula is C14H17ClO2. The third-order valence-electron chi connectivity index (χ3n) is 3.59. The summed E-state index contributed by atoms with van der Waals surface area (Å²) in [7, 11) is 0. The van der Waals surface area contributed by atoms with E-state index in [0.717, 1.165) is 12.0 Å². The number of carboxylic acid groups (broad SMARTS) is 1. The lowest BCUT2D eigenvalue weighted by atomic mass is 9.88. The highest BCUT2D eigenvalue weighted by molar-refractivity contribution is 6.30. The van der Waals surface area contributed by atoms with E-state index in [4.69, 9.17) is 11.6 Å². The summed E-state index contributed by atoms with van der Waals surface area (Å²) in [6.45, 7) is 0. The van der Waals surface area contributed by atoms with E-state index in [2.05, 4.69) is 0 Å². The quantitative estimate of drug-likeness (QED) is 0.876. The summed E-state index contributed by atoms with van der Waals surface area (Å²) in [5.41, 5.74) is 0.830. The van der Waals surface area contributed by atoms with Crippen molar-refractivity contribution in [3.05, 3.63) is 34.9 Å². The number of aliphatic carboxylic acids is 1. The van der Waals surface area contributed by atoms with Crippen molar-refractivity contribution in [2.24, 2.45) is 5.92 Å². The molecule has 1 atom stereocenters. The molecule has 0 saturated heterocycles. The molecule has 0 spiro atoms. The fourth-order valence-corrected chi connectivity index (χ4v) is 2.88. The second-order valence-electron chi connectivity index (χ2n) is 4.83. The maximum absolute atomic E-state index is 11.4. The van der Waals surface area contributed by atoms with E-state index in [1.54, 1.807) is 12.1 Å². The zero-order valence-electron chi connectivity index (χ0n) is 9.73. The van der Waals surface area contributed by atoms with Crippen molar-refractivity contribution < 1.29 is 9.90 Å². The summed E-state index contributed by atoms with van der Waals surface area (Å²) in [5, 5.41) is 9.95. The van der Waals surface area contributed by atoms with Crippen LogP contribution in [0.15, 0.2) is 24.3 Å². The molecule has 3 heteroatoms. The van der Waals surface area contributed by atoms with Gasteiger partial charge < -0.3 is 5.11 Å². The van der Waals surface area contributed by atoms with Gasteiger partial charge in [-0.3, -0.25) is 4.79 Å². The van der Waals surface area contributed by atoms with Gasteiger partial charge in [-0.05, 0) is 30.0 Å². The van der Waals surface area contributed by atoms with Gasteiger partial charge in [0.1, 0.15) is 0 Å². The van der Waals surface area contributed by atoms with Crippen LogP contribution in [0.2, 0.25) is 5.02 Å². The van der Waals surface area contributed by atoms with Crippen LogP contribution in [-0.2, 0) is 4.79 Å². The van der Waals surface area contributed by atoms with Gasteiger partial charge in [0.25, 0.3) is 0 Å². The van der Waals surface area contributed by atoms with Gasteiger partial charge >= 0.3 is 5.97 Å². The monoisotopic (exact) mass is 252 g/mol. The van der Waals surface area contributed by atoms with Gasteiger partial charge in [-0.25, -0.2) is 0 Å².